The normalized spacial score (nSPS) is 12.5. The molecule has 0 spiro atoms. The van der Waals surface area contributed by atoms with Crippen LogP contribution in [0.15, 0.2) is 36.5 Å². The Balaban J connectivity index is 2.77. The number of hydrogen-bond acceptors (Lipinski definition) is 1. The molecule has 0 fully saturated rings. The van der Waals surface area contributed by atoms with E-state index in [9.17, 15) is 26.3 Å². The summed E-state index contributed by atoms with van der Waals surface area (Å²) in [5.41, 5.74) is -3.70. The number of benzene rings is 1. The number of hydrogen-bond donors (Lipinski definition) is 0. The smallest absolute Gasteiger partial charge is 0.244 e. The lowest BCUT2D eigenvalue weighted by Gasteiger charge is -2.17. The fourth-order valence-electron chi connectivity index (χ4n) is 1.84. The SMILES string of the molecule is FC(F)(F)c1ccccc1-c1cc(Cl)ncc1C(F)(F)F. The Morgan fingerprint density at radius 2 is 1.38 bits per heavy atom. The molecule has 1 heterocycles. The van der Waals surface area contributed by atoms with E-state index in [-0.39, 0.29) is 5.15 Å². The number of nitrogens with zero attached hydrogens (tertiary/aromatic N) is 1. The largest absolute Gasteiger partial charge is 0.418 e. The lowest BCUT2D eigenvalue weighted by Crippen LogP contribution is -2.11. The predicted octanol–water partition coefficient (Wildman–Crippen LogP) is 5.44. The number of aromatic nitrogens is 1. The fraction of sp³-hybridized carbons (Fsp3) is 0.154. The molecule has 1 aromatic heterocycles. The maximum Gasteiger partial charge on any atom is 0.418 e. The summed E-state index contributed by atoms with van der Waals surface area (Å²) in [6, 6.07) is 4.77. The molecular weight excluding hydrogens is 320 g/mol. The molecule has 0 bridgehead atoms. The van der Waals surface area contributed by atoms with Gasteiger partial charge in [0, 0.05) is 6.20 Å². The molecule has 1 aromatic carbocycles. The van der Waals surface area contributed by atoms with Crippen molar-refractivity contribution in [2.75, 3.05) is 0 Å². The van der Waals surface area contributed by atoms with Gasteiger partial charge in [-0.1, -0.05) is 29.8 Å². The maximum atomic E-state index is 12.9. The molecule has 0 radical (unpaired) electrons. The lowest BCUT2D eigenvalue weighted by molar-refractivity contribution is -0.139. The molecule has 2 rings (SSSR count). The van der Waals surface area contributed by atoms with Gasteiger partial charge in [-0.25, -0.2) is 4.98 Å². The van der Waals surface area contributed by atoms with Gasteiger partial charge in [0.1, 0.15) is 5.15 Å². The zero-order valence-corrected chi connectivity index (χ0v) is 10.8. The predicted molar refractivity (Wildman–Crippen MR) is 64.7 cm³/mol. The van der Waals surface area contributed by atoms with Gasteiger partial charge in [0.15, 0.2) is 0 Å². The summed E-state index contributed by atoms with van der Waals surface area (Å²) in [5.74, 6) is 0. The standard InChI is InChI=1S/C13H6ClF6N/c14-11-5-8(10(6-21-11)13(18,19)20)7-3-1-2-4-9(7)12(15,16)17/h1-6H. The summed E-state index contributed by atoms with van der Waals surface area (Å²) in [7, 11) is 0. The third-order valence-corrected chi connectivity index (χ3v) is 2.91. The zero-order valence-electron chi connectivity index (χ0n) is 10.1. The van der Waals surface area contributed by atoms with Gasteiger partial charge < -0.3 is 0 Å². The van der Waals surface area contributed by atoms with E-state index < -0.39 is 34.6 Å². The minimum atomic E-state index is -4.84. The maximum absolute atomic E-state index is 12.9. The molecule has 21 heavy (non-hydrogen) atoms. The average molecular weight is 326 g/mol. The number of halogens is 7. The quantitative estimate of drug-likeness (QED) is 0.502. The van der Waals surface area contributed by atoms with Crippen LogP contribution < -0.4 is 0 Å². The number of rotatable bonds is 1. The Hall–Kier alpha value is -1.76. The Morgan fingerprint density at radius 3 is 1.95 bits per heavy atom. The van der Waals surface area contributed by atoms with E-state index in [0.29, 0.717) is 12.3 Å². The van der Waals surface area contributed by atoms with Gasteiger partial charge in [-0.15, -0.1) is 0 Å². The highest BCUT2D eigenvalue weighted by Gasteiger charge is 2.38. The molecule has 0 N–H and O–H groups in total. The summed E-state index contributed by atoms with van der Waals surface area (Å²) >= 11 is 5.52. The minimum absolute atomic E-state index is 0.324. The molecule has 0 aliphatic heterocycles. The van der Waals surface area contributed by atoms with Gasteiger partial charge in [-0.3, -0.25) is 0 Å². The first-order valence-corrected chi connectivity index (χ1v) is 5.88. The van der Waals surface area contributed by atoms with Crippen LogP contribution in [-0.2, 0) is 12.4 Å². The summed E-state index contributed by atoms with van der Waals surface area (Å²) in [5, 5.41) is -0.324. The number of pyridine rings is 1. The van der Waals surface area contributed by atoms with Crippen LogP contribution in [0.5, 0.6) is 0 Å². The van der Waals surface area contributed by atoms with Crippen molar-refractivity contribution in [2.24, 2.45) is 0 Å². The molecule has 0 saturated heterocycles. The van der Waals surface area contributed by atoms with Crippen molar-refractivity contribution in [1.82, 2.24) is 4.98 Å². The van der Waals surface area contributed by atoms with E-state index in [2.05, 4.69) is 4.98 Å². The van der Waals surface area contributed by atoms with Gasteiger partial charge in [0.05, 0.1) is 11.1 Å². The Labute approximate surface area is 120 Å². The first-order chi connectivity index (χ1) is 9.60. The van der Waals surface area contributed by atoms with Crippen molar-refractivity contribution in [1.29, 1.82) is 0 Å². The van der Waals surface area contributed by atoms with Crippen LogP contribution in [0.4, 0.5) is 26.3 Å². The Bertz CT molecular complexity index is 662. The highest BCUT2D eigenvalue weighted by atomic mass is 35.5. The van der Waals surface area contributed by atoms with Crippen molar-refractivity contribution in [3.63, 3.8) is 0 Å². The van der Waals surface area contributed by atoms with Crippen LogP contribution in [0.25, 0.3) is 11.1 Å². The molecule has 0 aliphatic carbocycles. The molecule has 8 heteroatoms. The minimum Gasteiger partial charge on any atom is -0.244 e. The molecule has 0 saturated carbocycles. The highest BCUT2D eigenvalue weighted by molar-refractivity contribution is 6.29. The second-order valence-electron chi connectivity index (χ2n) is 4.09. The van der Waals surface area contributed by atoms with E-state index >= 15 is 0 Å². The monoisotopic (exact) mass is 325 g/mol. The molecule has 0 atom stereocenters. The molecule has 0 amide bonds. The third kappa shape index (κ3) is 3.29. The van der Waals surface area contributed by atoms with Crippen molar-refractivity contribution in [3.05, 3.63) is 52.8 Å². The molecule has 1 nitrogen and oxygen atoms in total. The molecule has 0 unspecified atom stereocenters. The van der Waals surface area contributed by atoms with Gasteiger partial charge in [0.25, 0.3) is 0 Å². The Kier molecular flexibility index (Phi) is 3.88. The van der Waals surface area contributed by atoms with Crippen LogP contribution >= 0.6 is 11.6 Å². The van der Waals surface area contributed by atoms with E-state index in [0.717, 1.165) is 18.2 Å². The Morgan fingerprint density at radius 1 is 0.810 bits per heavy atom. The molecule has 0 aliphatic rings. The second-order valence-corrected chi connectivity index (χ2v) is 4.48. The first-order valence-electron chi connectivity index (χ1n) is 5.50. The summed E-state index contributed by atoms with van der Waals surface area (Å²) in [6.45, 7) is 0. The molecule has 112 valence electrons. The van der Waals surface area contributed by atoms with Gasteiger partial charge in [-0.05, 0) is 23.3 Å². The summed E-state index contributed by atoms with van der Waals surface area (Å²) in [6.07, 6.45) is -9.20. The highest BCUT2D eigenvalue weighted by Crippen LogP contribution is 2.42. The van der Waals surface area contributed by atoms with Crippen LogP contribution in [0.1, 0.15) is 11.1 Å². The van der Waals surface area contributed by atoms with Crippen molar-refractivity contribution in [3.8, 4) is 11.1 Å². The lowest BCUT2D eigenvalue weighted by atomic mass is 9.96. The topological polar surface area (TPSA) is 12.9 Å². The first kappa shape index (κ1) is 15.6. The van der Waals surface area contributed by atoms with Gasteiger partial charge in [0.2, 0.25) is 0 Å². The van der Waals surface area contributed by atoms with E-state index in [4.69, 9.17) is 11.6 Å². The van der Waals surface area contributed by atoms with Gasteiger partial charge in [-0.2, -0.15) is 26.3 Å². The van der Waals surface area contributed by atoms with E-state index in [1.165, 1.54) is 6.07 Å². The number of alkyl halides is 6. The van der Waals surface area contributed by atoms with Crippen molar-refractivity contribution in [2.45, 2.75) is 12.4 Å². The van der Waals surface area contributed by atoms with Crippen LogP contribution in [0.3, 0.4) is 0 Å². The fourth-order valence-corrected chi connectivity index (χ4v) is 2.00. The van der Waals surface area contributed by atoms with Crippen LogP contribution in [0.2, 0.25) is 5.15 Å². The zero-order chi connectivity index (χ0) is 15.8. The second kappa shape index (κ2) is 5.22. The average Bonchev–Trinajstić information content (AvgIpc) is 2.36. The summed E-state index contributed by atoms with van der Waals surface area (Å²) < 4.78 is 77.6. The molecular formula is C13H6ClF6N. The van der Waals surface area contributed by atoms with Crippen molar-refractivity contribution >= 4 is 11.6 Å². The van der Waals surface area contributed by atoms with Crippen molar-refractivity contribution < 1.29 is 26.3 Å². The van der Waals surface area contributed by atoms with Crippen LogP contribution in [0, 0.1) is 0 Å². The summed E-state index contributed by atoms with van der Waals surface area (Å²) in [4.78, 5) is 3.29. The van der Waals surface area contributed by atoms with Crippen LogP contribution in [-0.4, -0.2) is 4.98 Å². The molecule has 2 aromatic rings. The van der Waals surface area contributed by atoms with E-state index in [1.54, 1.807) is 0 Å². The third-order valence-electron chi connectivity index (χ3n) is 2.70. The van der Waals surface area contributed by atoms with Gasteiger partial charge >= 0.3 is 12.4 Å². The van der Waals surface area contributed by atoms with E-state index in [1.807, 2.05) is 0 Å².